The Bertz CT molecular complexity index is 2320. The van der Waals surface area contributed by atoms with E-state index in [0.29, 0.717) is 0 Å². The maximum Gasteiger partial charge on any atom is 0.252 e. The smallest absolute Gasteiger partial charge is 0.252 e. The summed E-state index contributed by atoms with van der Waals surface area (Å²) >= 11 is 0. The Morgan fingerprint density at radius 3 is 1.36 bits per heavy atom. The SMILES string of the molecule is Cc1cc2c3c(c1)N1c4c(cc(C(C)(C)C)cc4C4(C)C5CCCCC5C5CCCCC5C14C)B3c1cc(C)cc3c1N2C1(C)C2CCCCC2C2CCCCC2C31C. The van der Waals surface area contributed by atoms with Crippen LogP contribution in [0.5, 0.6) is 0 Å². The zero-order valence-corrected chi connectivity index (χ0v) is 38.4. The molecule has 4 aliphatic heterocycles. The van der Waals surface area contributed by atoms with Crippen molar-refractivity contribution in [2.75, 3.05) is 9.80 Å². The molecule has 0 aromatic heterocycles. The molecule has 0 bridgehead atoms. The summed E-state index contributed by atoms with van der Waals surface area (Å²) in [4.78, 5) is 6.30. The van der Waals surface area contributed by atoms with Gasteiger partial charge < -0.3 is 9.80 Å². The Labute approximate surface area is 358 Å². The van der Waals surface area contributed by atoms with Crippen molar-refractivity contribution < 1.29 is 0 Å². The molecule has 6 fully saturated rings. The largest absolute Gasteiger partial charge is 0.335 e. The zero-order valence-electron chi connectivity index (χ0n) is 38.4. The van der Waals surface area contributed by atoms with Gasteiger partial charge in [-0.3, -0.25) is 0 Å². The van der Waals surface area contributed by atoms with Crippen LogP contribution in [0.15, 0.2) is 36.4 Å². The molecular formula is C56H73BN2. The lowest BCUT2D eigenvalue weighted by Gasteiger charge is -2.66. The Balaban J connectivity index is 1.15. The molecule has 310 valence electrons. The molecule has 0 amide bonds. The van der Waals surface area contributed by atoms with Crippen LogP contribution >= 0.6 is 0 Å². The highest BCUT2D eigenvalue weighted by atomic mass is 15.3. The van der Waals surface area contributed by atoms with Crippen molar-refractivity contribution in [1.82, 2.24) is 0 Å². The molecule has 59 heavy (non-hydrogen) atoms. The molecule has 3 heteroatoms. The van der Waals surface area contributed by atoms with E-state index in [2.05, 4.69) is 109 Å². The molecule has 12 unspecified atom stereocenters. The number of hydrogen-bond donors (Lipinski definition) is 0. The van der Waals surface area contributed by atoms with Gasteiger partial charge in [-0.15, -0.1) is 0 Å². The van der Waals surface area contributed by atoms with E-state index in [1.165, 1.54) is 114 Å². The second-order valence-corrected chi connectivity index (χ2v) is 24.7. The first kappa shape index (κ1) is 36.9. The topological polar surface area (TPSA) is 6.48 Å². The zero-order chi connectivity index (χ0) is 40.3. The Morgan fingerprint density at radius 1 is 0.492 bits per heavy atom. The lowest BCUT2D eigenvalue weighted by Crippen LogP contribution is -2.72. The molecule has 3 aromatic rings. The fraction of sp³-hybridized carbons (Fsp3) is 0.679. The Hall–Kier alpha value is -2.68. The number of anilines is 4. The minimum absolute atomic E-state index is 0.0484. The fourth-order valence-electron chi connectivity index (χ4n) is 19.5. The summed E-state index contributed by atoms with van der Waals surface area (Å²) < 4.78 is 0. The summed E-state index contributed by atoms with van der Waals surface area (Å²) in [6.45, 7) is 24.1. The number of rotatable bonds is 0. The highest BCUT2D eigenvalue weighted by molar-refractivity contribution is 7.00. The van der Waals surface area contributed by atoms with Gasteiger partial charge in [0.25, 0.3) is 6.71 Å². The molecule has 0 spiro atoms. The van der Waals surface area contributed by atoms with Gasteiger partial charge in [-0.1, -0.05) is 116 Å². The average Bonchev–Trinajstić information content (AvgIpc) is 3.58. The minimum Gasteiger partial charge on any atom is -0.335 e. The molecule has 6 aliphatic carbocycles. The van der Waals surface area contributed by atoms with Crippen molar-refractivity contribution in [3.05, 3.63) is 64.2 Å². The van der Waals surface area contributed by atoms with Crippen LogP contribution in [-0.4, -0.2) is 17.8 Å². The minimum atomic E-state index is 0.0484. The van der Waals surface area contributed by atoms with E-state index in [1.54, 1.807) is 55.8 Å². The third-order valence-corrected chi connectivity index (χ3v) is 21.9. The number of benzene rings is 3. The standard InChI is InChI=1S/C56H73BN2/c1-32-26-43-50-45(27-32)57-46-31-34(52(3,4)5)30-44-51(46)59(56(9)42-25-17-13-21-38(42)36-19-11-15-23-40(36)54(44,56)7)48-29-33(2)28-47(49(48)57)58(50)55(8)41-24-16-12-20-37(41)35-18-10-14-22-39(35)53(43,55)6/h26-31,35-42H,10-25H2,1-9H3. The summed E-state index contributed by atoms with van der Waals surface area (Å²) in [7, 11) is 0. The van der Waals surface area contributed by atoms with Crippen molar-refractivity contribution in [3.8, 4) is 0 Å². The van der Waals surface area contributed by atoms with Gasteiger partial charge in [0, 0.05) is 33.6 Å². The fourth-order valence-corrected chi connectivity index (χ4v) is 19.5. The van der Waals surface area contributed by atoms with Crippen LogP contribution in [0.3, 0.4) is 0 Å². The van der Waals surface area contributed by atoms with E-state index in [-0.39, 0.29) is 34.0 Å². The predicted molar refractivity (Wildman–Crippen MR) is 250 cm³/mol. The van der Waals surface area contributed by atoms with Gasteiger partial charge in [0.2, 0.25) is 0 Å². The van der Waals surface area contributed by atoms with Crippen molar-refractivity contribution >= 4 is 45.9 Å². The summed E-state index contributed by atoms with van der Waals surface area (Å²) in [5, 5.41) is 0. The summed E-state index contributed by atoms with van der Waals surface area (Å²) in [5.41, 5.74) is 19.9. The van der Waals surface area contributed by atoms with Gasteiger partial charge in [-0.25, -0.2) is 0 Å². The van der Waals surface area contributed by atoms with Gasteiger partial charge >= 0.3 is 0 Å². The monoisotopic (exact) mass is 785 g/mol. The lowest BCUT2D eigenvalue weighted by atomic mass is 9.33. The van der Waals surface area contributed by atoms with Crippen molar-refractivity contribution in [3.63, 3.8) is 0 Å². The van der Waals surface area contributed by atoms with E-state index >= 15 is 0 Å². The Morgan fingerprint density at radius 2 is 0.881 bits per heavy atom. The van der Waals surface area contributed by atoms with Gasteiger partial charge in [-0.2, -0.15) is 0 Å². The summed E-state index contributed by atoms with van der Waals surface area (Å²) in [6, 6.07) is 16.5. The molecule has 2 nitrogen and oxygen atoms in total. The maximum atomic E-state index is 3.15. The van der Waals surface area contributed by atoms with Crippen LogP contribution < -0.4 is 26.2 Å². The number of fused-ring (bicyclic) bond motifs is 20. The third-order valence-electron chi connectivity index (χ3n) is 21.9. The molecule has 6 saturated carbocycles. The lowest BCUT2D eigenvalue weighted by molar-refractivity contribution is -0.0770. The molecule has 12 atom stereocenters. The molecule has 0 N–H and O–H groups in total. The first-order chi connectivity index (χ1) is 28.3. The van der Waals surface area contributed by atoms with E-state index in [1.807, 2.05) is 0 Å². The first-order valence-corrected chi connectivity index (χ1v) is 25.3. The molecular weight excluding hydrogens is 711 g/mol. The quantitative estimate of drug-likeness (QED) is 0.210. The molecule has 3 aromatic carbocycles. The summed E-state index contributed by atoms with van der Waals surface area (Å²) in [5.74, 6) is 6.49. The average molecular weight is 785 g/mol. The van der Waals surface area contributed by atoms with E-state index in [4.69, 9.17) is 0 Å². The number of hydrogen-bond acceptors (Lipinski definition) is 2. The van der Waals surface area contributed by atoms with Crippen LogP contribution in [0.25, 0.3) is 0 Å². The highest BCUT2D eigenvalue weighted by Gasteiger charge is 2.74. The number of aryl methyl sites for hydroxylation is 2. The normalized spacial score (nSPS) is 41.7. The van der Waals surface area contributed by atoms with E-state index < -0.39 is 0 Å². The van der Waals surface area contributed by atoms with Crippen LogP contribution in [0.2, 0.25) is 0 Å². The molecule has 13 rings (SSSR count). The second kappa shape index (κ2) is 11.7. The van der Waals surface area contributed by atoms with Crippen molar-refractivity contribution in [2.45, 2.75) is 192 Å². The van der Waals surface area contributed by atoms with Gasteiger partial charge in [0.15, 0.2) is 0 Å². The predicted octanol–water partition coefficient (Wildman–Crippen LogP) is 12.3. The van der Waals surface area contributed by atoms with Crippen LogP contribution in [0, 0.1) is 61.2 Å². The third kappa shape index (κ3) is 4.04. The molecule has 0 radical (unpaired) electrons. The molecule has 0 saturated heterocycles. The van der Waals surface area contributed by atoms with Crippen LogP contribution in [0.4, 0.5) is 22.7 Å². The maximum absolute atomic E-state index is 3.15. The first-order valence-electron chi connectivity index (χ1n) is 25.3. The van der Waals surface area contributed by atoms with Crippen molar-refractivity contribution in [1.29, 1.82) is 0 Å². The highest BCUT2D eigenvalue weighted by Crippen LogP contribution is 2.74. The van der Waals surface area contributed by atoms with Crippen LogP contribution in [0.1, 0.15) is 179 Å². The van der Waals surface area contributed by atoms with Gasteiger partial charge in [-0.05, 0) is 183 Å². The second-order valence-electron chi connectivity index (χ2n) is 24.7. The van der Waals surface area contributed by atoms with E-state index in [0.717, 1.165) is 47.3 Å². The van der Waals surface area contributed by atoms with Crippen LogP contribution in [-0.2, 0) is 16.2 Å². The Kier molecular flexibility index (Phi) is 7.30. The molecule has 4 heterocycles. The number of nitrogens with zero attached hydrogens (tertiary/aromatic N) is 2. The van der Waals surface area contributed by atoms with E-state index in [9.17, 15) is 0 Å². The van der Waals surface area contributed by atoms with Gasteiger partial charge in [0.1, 0.15) is 0 Å². The molecule has 10 aliphatic rings. The summed E-state index contributed by atoms with van der Waals surface area (Å²) in [6.07, 6.45) is 23.0. The van der Waals surface area contributed by atoms with Gasteiger partial charge in [0.05, 0.1) is 11.1 Å². The van der Waals surface area contributed by atoms with Crippen molar-refractivity contribution in [2.24, 2.45) is 47.3 Å².